The van der Waals surface area contributed by atoms with E-state index in [0.717, 1.165) is 38.1 Å². The molecule has 4 rings (SSSR count). The number of nitrogens with zero attached hydrogens (tertiary/aromatic N) is 1. The molecule has 3 N–H and O–H groups in total. The number of hydrogen-bond donors (Lipinski definition) is 2. The van der Waals surface area contributed by atoms with E-state index in [1.165, 1.54) is 0 Å². The van der Waals surface area contributed by atoms with Gasteiger partial charge >= 0.3 is 0 Å². The molecule has 2 aromatic heterocycles. The summed E-state index contributed by atoms with van der Waals surface area (Å²) in [7, 11) is 0. The van der Waals surface area contributed by atoms with Crippen LogP contribution in [-0.2, 0) is 0 Å². The monoisotopic (exact) mass is 417 g/mol. The van der Waals surface area contributed by atoms with Gasteiger partial charge in [-0.1, -0.05) is 46.3 Å². The molecule has 2 heterocycles. The van der Waals surface area contributed by atoms with Crippen LogP contribution in [0.1, 0.15) is 10.4 Å². The number of aromatic amines is 1. The lowest BCUT2D eigenvalue weighted by molar-refractivity contribution is 0.100. The van der Waals surface area contributed by atoms with Crippen LogP contribution in [0.5, 0.6) is 0 Å². The molecule has 132 valence electrons. The second-order valence-corrected chi connectivity index (χ2v) is 7.04. The van der Waals surface area contributed by atoms with E-state index in [1.807, 2.05) is 54.6 Å². The largest absolute Gasteiger partial charge is 0.366 e. The van der Waals surface area contributed by atoms with Crippen molar-refractivity contribution in [1.82, 2.24) is 9.97 Å². The molecule has 5 heteroatoms. The molecule has 1 amide bonds. The minimum Gasteiger partial charge on any atom is -0.366 e. The highest BCUT2D eigenvalue weighted by atomic mass is 79.9. The number of hydrogen-bond acceptors (Lipinski definition) is 2. The van der Waals surface area contributed by atoms with Crippen LogP contribution in [0.15, 0.2) is 83.6 Å². The molecule has 0 aliphatic rings. The molecular formula is C22H16BrN3O. The first-order valence-corrected chi connectivity index (χ1v) is 9.21. The third-order valence-electron chi connectivity index (χ3n) is 4.42. The van der Waals surface area contributed by atoms with E-state index >= 15 is 0 Å². The minimum absolute atomic E-state index is 0.445. The third-order valence-corrected chi connectivity index (χ3v) is 4.95. The molecule has 2 aromatic carbocycles. The molecule has 0 aliphatic heterocycles. The predicted molar refractivity (Wildman–Crippen MR) is 111 cm³/mol. The summed E-state index contributed by atoms with van der Waals surface area (Å²) in [4.78, 5) is 19.5. The lowest BCUT2D eigenvalue weighted by atomic mass is 9.96. The number of nitrogens with one attached hydrogen (secondary N) is 1. The van der Waals surface area contributed by atoms with Crippen molar-refractivity contribution in [2.75, 3.05) is 0 Å². The Morgan fingerprint density at radius 2 is 1.59 bits per heavy atom. The highest BCUT2D eigenvalue weighted by molar-refractivity contribution is 9.10. The zero-order valence-electron chi connectivity index (χ0n) is 14.3. The molecule has 0 spiro atoms. The second kappa shape index (κ2) is 7.21. The Morgan fingerprint density at radius 3 is 2.30 bits per heavy atom. The molecular weight excluding hydrogens is 402 g/mol. The normalized spacial score (nSPS) is 10.7. The summed E-state index contributed by atoms with van der Waals surface area (Å²) in [6, 6.07) is 21.4. The lowest BCUT2D eigenvalue weighted by Crippen LogP contribution is -2.12. The van der Waals surface area contributed by atoms with Crippen LogP contribution in [0, 0.1) is 0 Å². The Labute approximate surface area is 165 Å². The van der Waals surface area contributed by atoms with Gasteiger partial charge in [-0.2, -0.15) is 0 Å². The summed E-state index contributed by atoms with van der Waals surface area (Å²) >= 11 is 3.48. The summed E-state index contributed by atoms with van der Waals surface area (Å²) in [6.45, 7) is 0. The van der Waals surface area contributed by atoms with Gasteiger partial charge in [0.25, 0.3) is 0 Å². The van der Waals surface area contributed by atoms with Crippen molar-refractivity contribution in [3.8, 4) is 33.6 Å². The van der Waals surface area contributed by atoms with Gasteiger partial charge < -0.3 is 10.7 Å². The second-order valence-electron chi connectivity index (χ2n) is 6.12. The first-order valence-electron chi connectivity index (χ1n) is 8.42. The number of aromatic nitrogens is 2. The Balaban J connectivity index is 1.96. The molecule has 0 fully saturated rings. The van der Waals surface area contributed by atoms with E-state index in [1.54, 1.807) is 18.5 Å². The molecule has 0 radical (unpaired) electrons. The van der Waals surface area contributed by atoms with Crippen molar-refractivity contribution < 1.29 is 4.79 Å². The molecule has 0 unspecified atom stereocenters. The molecule has 0 saturated heterocycles. The zero-order valence-corrected chi connectivity index (χ0v) is 15.9. The topological polar surface area (TPSA) is 71.8 Å². The Hall–Kier alpha value is -3.18. The number of primary amides is 1. The van der Waals surface area contributed by atoms with E-state index < -0.39 is 5.91 Å². The van der Waals surface area contributed by atoms with Crippen LogP contribution in [-0.4, -0.2) is 15.9 Å². The van der Waals surface area contributed by atoms with E-state index in [-0.39, 0.29) is 0 Å². The van der Waals surface area contributed by atoms with Gasteiger partial charge in [-0.25, -0.2) is 0 Å². The van der Waals surface area contributed by atoms with Gasteiger partial charge in [0, 0.05) is 39.3 Å². The number of H-pyrrole nitrogens is 1. The molecule has 0 atom stereocenters. The van der Waals surface area contributed by atoms with E-state index in [0.29, 0.717) is 5.56 Å². The van der Waals surface area contributed by atoms with Crippen LogP contribution < -0.4 is 5.73 Å². The van der Waals surface area contributed by atoms with E-state index in [9.17, 15) is 4.79 Å². The van der Waals surface area contributed by atoms with Gasteiger partial charge in [0.1, 0.15) is 0 Å². The minimum atomic E-state index is -0.445. The SMILES string of the molecule is NC(=O)c1ccccc1-c1cc(-c2ccncc2)[nH]c1-c1ccc(Br)cc1. The molecule has 0 saturated carbocycles. The van der Waals surface area contributed by atoms with Crippen LogP contribution in [0.3, 0.4) is 0 Å². The first kappa shape index (κ1) is 17.2. The Bertz CT molecular complexity index is 1100. The van der Waals surface area contributed by atoms with Crippen LogP contribution >= 0.6 is 15.9 Å². The maximum absolute atomic E-state index is 12.0. The fourth-order valence-corrected chi connectivity index (χ4v) is 3.40. The molecule has 4 nitrogen and oxygen atoms in total. The number of carbonyl (C=O) groups is 1. The Morgan fingerprint density at radius 1 is 0.889 bits per heavy atom. The maximum atomic E-state index is 12.0. The summed E-state index contributed by atoms with van der Waals surface area (Å²) in [5, 5.41) is 0. The number of halogens is 1. The number of rotatable bonds is 4. The van der Waals surface area contributed by atoms with Gasteiger partial charge in [0.15, 0.2) is 0 Å². The molecule has 27 heavy (non-hydrogen) atoms. The zero-order chi connectivity index (χ0) is 18.8. The highest BCUT2D eigenvalue weighted by Crippen LogP contribution is 2.37. The van der Waals surface area contributed by atoms with Crippen molar-refractivity contribution in [3.63, 3.8) is 0 Å². The standard InChI is InChI=1S/C22H16BrN3O/c23-16-7-5-15(6-8-16)21-19(17-3-1-2-4-18(17)22(24)27)13-20(26-21)14-9-11-25-12-10-14/h1-13,26H,(H2,24,27). The number of benzene rings is 2. The van der Waals surface area contributed by atoms with E-state index in [4.69, 9.17) is 5.73 Å². The summed E-state index contributed by atoms with van der Waals surface area (Å²) in [5.41, 5.74) is 11.8. The van der Waals surface area contributed by atoms with Gasteiger partial charge in [-0.05, 0) is 47.5 Å². The molecule has 4 aromatic rings. The quantitative estimate of drug-likeness (QED) is 0.474. The van der Waals surface area contributed by atoms with E-state index in [2.05, 4.69) is 32.0 Å². The van der Waals surface area contributed by atoms with Gasteiger partial charge in [0.2, 0.25) is 5.91 Å². The molecule has 0 bridgehead atoms. The summed E-state index contributed by atoms with van der Waals surface area (Å²) in [6.07, 6.45) is 3.51. The third kappa shape index (κ3) is 3.41. The maximum Gasteiger partial charge on any atom is 0.249 e. The average Bonchev–Trinajstić information content (AvgIpc) is 3.14. The highest BCUT2D eigenvalue weighted by Gasteiger charge is 2.17. The van der Waals surface area contributed by atoms with Gasteiger partial charge in [-0.15, -0.1) is 0 Å². The van der Waals surface area contributed by atoms with Crippen molar-refractivity contribution in [1.29, 1.82) is 0 Å². The van der Waals surface area contributed by atoms with Gasteiger partial charge in [0.05, 0.1) is 5.69 Å². The van der Waals surface area contributed by atoms with Crippen molar-refractivity contribution in [2.45, 2.75) is 0 Å². The predicted octanol–water partition coefficient (Wildman–Crippen LogP) is 5.27. The fraction of sp³-hybridized carbons (Fsp3) is 0. The van der Waals surface area contributed by atoms with Crippen molar-refractivity contribution >= 4 is 21.8 Å². The number of amides is 1. The summed E-state index contributed by atoms with van der Waals surface area (Å²) < 4.78 is 1.01. The van der Waals surface area contributed by atoms with Crippen molar-refractivity contribution in [3.05, 3.63) is 89.2 Å². The fourth-order valence-electron chi connectivity index (χ4n) is 3.13. The number of nitrogens with two attached hydrogens (primary N) is 1. The van der Waals surface area contributed by atoms with Crippen LogP contribution in [0.4, 0.5) is 0 Å². The molecule has 0 aliphatic carbocycles. The summed E-state index contributed by atoms with van der Waals surface area (Å²) in [5.74, 6) is -0.445. The number of carbonyl (C=O) groups excluding carboxylic acids is 1. The number of pyridine rings is 1. The van der Waals surface area contributed by atoms with Crippen LogP contribution in [0.25, 0.3) is 33.6 Å². The first-order chi connectivity index (χ1) is 13.1. The average molecular weight is 418 g/mol. The smallest absolute Gasteiger partial charge is 0.249 e. The van der Waals surface area contributed by atoms with Gasteiger partial charge in [-0.3, -0.25) is 9.78 Å². The van der Waals surface area contributed by atoms with Crippen molar-refractivity contribution in [2.24, 2.45) is 5.73 Å². The Kier molecular flexibility index (Phi) is 4.60. The lowest BCUT2D eigenvalue weighted by Gasteiger charge is -2.08. The van der Waals surface area contributed by atoms with Crippen LogP contribution in [0.2, 0.25) is 0 Å².